The Labute approximate surface area is 232 Å². The number of hydrogen-bond acceptors (Lipinski definition) is 8. The van der Waals surface area contributed by atoms with Crippen molar-refractivity contribution in [2.75, 3.05) is 18.8 Å². The summed E-state index contributed by atoms with van der Waals surface area (Å²) < 4.78 is 17.5. The molecule has 3 rings (SSSR count). The second-order valence-electron chi connectivity index (χ2n) is 12.7. The summed E-state index contributed by atoms with van der Waals surface area (Å²) in [6.45, 7) is 18.8. The molecule has 2 saturated heterocycles. The number of piperidine rings is 1. The normalized spacial score (nSPS) is 21.9. The molecule has 2 aliphatic heterocycles. The molecule has 2 amide bonds. The van der Waals surface area contributed by atoms with Crippen molar-refractivity contribution in [2.45, 2.75) is 110 Å². The van der Waals surface area contributed by atoms with E-state index in [1.54, 1.807) is 24.2 Å². The average molecular weight is 549 g/mol. The van der Waals surface area contributed by atoms with Gasteiger partial charge in [0.25, 0.3) is 0 Å². The van der Waals surface area contributed by atoms with Gasteiger partial charge in [0.2, 0.25) is 5.91 Å². The first kappa shape index (κ1) is 30.7. The Balaban J connectivity index is 1.48. The van der Waals surface area contributed by atoms with Crippen LogP contribution in [0.15, 0.2) is 17.6 Å². The number of nitrogens with one attached hydrogen (secondary N) is 1. The van der Waals surface area contributed by atoms with Crippen LogP contribution in [0, 0.1) is 11.8 Å². The number of amides is 2. The van der Waals surface area contributed by atoms with Gasteiger partial charge in [-0.05, 0) is 79.6 Å². The number of carbonyl (C=O) groups is 2. The molecular weight excluding hydrogens is 503 g/mol. The third-order valence-corrected chi connectivity index (χ3v) is 8.28. The number of thioether (sulfide) groups is 1. The first-order chi connectivity index (χ1) is 17.6. The number of alkyl carbamates (subject to hydrolysis) is 1. The summed E-state index contributed by atoms with van der Waals surface area (Å²) in [5, 5.41) is 3.51. The third kappa shape index (κ3) is 8.08. The molecule has 212 valence electrons. The lowest BCUT2D eigenvalue weighted by molar-refractivity contribution is -0.136. The van der Waals surface area contributed by atoms with Gasteiger partial charge in [0.15, 0.2) is 5.16 Å². The second-order valence-corrected chi connectivity index (χ2v) is 13.7. The lowest BCUT2D eigenvalue weighted by atomic mass is 9.81. The van der Waals surface area contributed by atoms with Gasteiger partial charge in [-0.3, -0.25) is 4.79 Å². The van der Waals surface area contributed by atoms with Crippen LogP contribution in [0.25, 0.3) is 0 Å². The lowest BCUT2D eigenvalue weighted by Crippen LogP contribution is -2.54. The average Bonchev–Trinajstić information content (AvgIpc) is 3.03. The summed E-state index contributed by atoms with van der Waals surface area (Å²) in [6.07, 6.45) is 6.00. The van der Waals surface area contributed by atoms with Gasteiger partial charge in [-0.15, -0.1) is 0 Å². The van der Waals surface area contributed by atoms with Crippen LogP contribution in [0.2, 0.25) is 0 Å². The predicted octanol–water partition coefficient (Wildman–Crippen LogP) is 4.05. The highest BCUT2D eigenvalue weighted by Gasteiger charge is 2.52. The molecule has 2 fully saturated rings. The maximum Gasteiger partial charge on any atom is 0.498 e. The molecule has 0 spiro atoms. The van der Waals surface area contributed by atoms with Crippen LogP contribution in [-0.4, -0.2) is 75.7 Å². The van der Waals surface area contributed by atoms with E-state index in [4.69, 9.17) is 14.0 Å². The van der Waals surface area contributed by atoms with Crippen LogP contribution in [0.5, 0.6) is 0 Å². The third-order valence-electron chi connectivity index (χ3n) is 7.37. The van der Waals surface area contributed by atoms with Crippen molar-refractivity contribution in [1.29, 1.82) is 0 Å². The number of ether oxygens (including phenoxy) is 1. The summed E-state index contributed by atoms with van der Waals surface area (Å²) in [4.78, 5) is 36.6. The molecule has 9 nitrogen and oxygen atoms in total. The Hall–Kier alpha value is -1.85. The van der Waals surface area contributed by atoms with E-state index in [-0.39, 0.29) is 11.8 Å². The van der Waals surface area contributed by atoms with E-state index in [2.05, 4.69) is 15.3 Å². The first-order valence-corrected chi connectivity index (χ1v) is 14.7. The molecule has 1 aromatic rings. The van der Waals surface area contributed by atoms with Gasteiger partial charge >= 0.3 is 13.2 Å². The van der Waals surface area contributed by atoms with Gasteiger partial charge in [-0.1, -0.05) is 25.6 Å². The van der Waals surface area contributed by atoms with Crippen molar-refractivity contribution < 1.29 is 23.6 Å². The minimum Gasteiger partial charge on any atom is -0.444 e. The van der Waals surface area contributed by atoms with Crippen molar-refractivity contribution in [3.8, 4) is 0 Å². The minimum atomic E-state index is -0.613. The molecule has 38 heavy (non-hydrogen) atoms. The summed E-state index contributed by atoms with van der Waals surface area (Å²) in [6, 6.07) is -0.603. The Morgan fingerprint density at radius 3 is 2.34 bits per heavy atom. The summed E-state index contributed by atoms with van der Waals surface area (Å²) in [7, 11) is -0.468. The van der Waals surface area contributed by atoms with Crippen molar-refractivity contribution in [2.24, 2.45) is 11.8 Å². The van der Waals surface area contributed by atoms with Crippen molar-refractivity contribution in [3.63, 3.8) is 0 Å². The van der Waals surface area contributed by atoms with Gasteiger partial charge in [-0.25, -0.2) is 14.8 Å². The molecule has 2 atom stereocenters. The standard InChI is InChI=1S/C27H45BN4O5S/c1-18(2)21(31-24(34)35-25(3,4)5)22(33)32-13-10-11-19(17-32)12-14-38-23-29-15-20(16-30-23)28-36-26(6,7)27(8,9)37-28/h15-16,18-19,21H,10-14,17H2,1-9H3,(H,31,34)/t19-,21+/m1/s1. The molecule has 0 bridgehead atoms. The highest BCUT2D eigenvalue weighted by Crippen LogP contribution is 2.36. The van der Waals surface area contributed by atoms with Gasteiger partial charge in [0.05, 0.1) is 11.2 Å². The van der Waals surface area contributed by atoms with E-state index < -0.39 is 36.1 Å². The molecule has 1 N–H and O–H groups in total. The molecule has 0 saturated carbocycles. The fourth-order valence-corrected chi connectivity index (χ4v) is 5.35. The summed E-state index contributed by atoms with van der Waals surface area (Å²) >= 11 is 1.62. The number of hydrogen-bond donors (Lipinski definition) is 1. The van der Waals surface area contributed by atoms with Crippen LogP contribution in [-0.2, 0) is 18.8 Å². The highest BCUT2D eigenvalue weighted by molar-refractivity contribution is 7.99. The molecule has 0 aromatic carbocycles. The van der Waals surface area contributed by atoms with E-state index >= 15 is 0 Å². The van der Waals surface area contributed by atoms with E-state index in [1.165, 1.54) is 0 Å². The second kappa shape index (κ2) is 12.1. The minimum absolute atomic E-state index is 0.0372. The van der Waals surface area contributed by atoms with Crippen molar-refractivity contribution in [1.82, 2.24) is 20.2 Å². The molecule has 0 radical (unpaired) electrons. The number of carbonyl (C=O) groups excluding carboxylic acids is 2. The van der Waals surface area contributed by atoms with Crippen LogP contribution in [0.4, 0.5) is 4.79 Å². The molecular formula is C27H45BN4O5S. The highest BCUT2D eigenvalue weighted by atomic mass is 32.2. The number of nitrogens with zero attached hydrogens (tertiary/aromatic N) is 3. The number of aromatic nitrogens is 2. The van der Waals surface area contributed by atoms with Crippen molar-refractivity contribution in [3.05, 3.63) is 12.4 Å². The lowest BCUT2D eigenvalue weighted by Gasteiger charge is -2.36. The molecule has 2 aliphatic rings. The summed E-state index contributed by atoms with van der Waals surface area (Å²) in [5.74, 6) is 1.19. The first-order valence-electron chi connectivity index (χ1n) is 13.7. The van der Waals surface area contributed by atoms with E-state index in [9.17, 15) is 9.59 Å². The maximum atomic E-state index is 13.3. The molecule has 3 heterocycles. The topological polar surface area (TPSA) is 103 Å². The van der Waals surface area contributed by atoms with Gasteiger partial charge < -0.3 is 24.3 Å². The molecule has 11 heteroatoms. The van der Waals surface area contributed by atoms with Gasteiger partial charge in [0.1, 0.15) is 11.6 Å². The Bertz CT molecular complexity index is 951. The fourth-order valence-electron chi connectivity index (χ4n) is 4.46. The Kier molecular flexibility index (Phi) is 9.79. The van der Waals surface area contributed by atoms with Crippen LogP contribution >= 0.6 is 11.8 Å². The quantitative estimate of drug-likeness (QED) is 0.295. The summed E-state index contributed by atoms with van der Waals surface area (Å²) in [5.41, 5.74) is -0.602. The van der Waals surface area contributed by atoms with Gasteiger partial charge in [0, 0.05) is 36.7 Å². The molecule has 1 aromatic heterocycles. The number of likely N-dealkylation sites (tertiary alicyclic amines) is 1. The zero-order chi connectivity index (χ0) is 28.3. The Morgan fingerprint density at radius 1 is 1.18 bits per heavy atom. The van der Waals surface area contributed by atoms with Gasteiger partial charge in [-0.2, -0.15) is 0 Å². The van der Waals surface area contributed by atoms with Crippen LogP contribution < -0.4 is 10.8 Å². The predicted molar refractivity (Wildman–Crippen MR) is 150 cm³/mol. The van der Waals surface area contributed by atoms with E-state index in [0.29, 0.717) is 19.0 Å². The van der Waals surface area contributed by atoms with Crippen LogP contribution in [0.3, 0.4) is 0 Å². The maximum absolute atomic E-state index is 13.3. The smallest absolute Gasteiger partial charge is 0.444 e. The Morgan fingerprint density at radius 2 is 1.79 bits per heavy atom. The monoisotopic (exact) mass is 548 g/mol. The molecule has 0 unspecified atom stereocenters. The SMILES string of the molecule is CC(C)[C@H](NC(=O)OC(C)(C)C)C(=O)N1CCC[C@H](CCSc2ncc(B3OC(C)(C)C(C)(C)O3)cn2)C1. The van der Waals surface area contributed by atoms with E-state index in [0.717, 1.165) is 35.6 Å². The zero-order valence-corrected chi connectivity index (χ0v) is 25.3. The largest absolute Gasteiger partial charge is 0.498 e. The fraction of sp³-hybridized carbons (Fsp3) is 0.778. The number of rotatable bonds is 8. The van der Waals surface area contributed by atoms with E-state index in [1.807, 2.05) is 67.2 Å². The van der Waals surface area contributed by atoms with Crippen LogP contribution in [0.1, 0.15) is 81.6 Å². The zero-order valence-electron chi connectivity index (χ0n) is 24.5. The molecule has 0 aliphatic carbocycles. The van der Waals surface area contributed by atoms with Crippen molar-refractivity contribution >= 4 is 36.3 Å².